The van der Waals surface area contributed by atoms with Gasteiger partial charge in [0.1, 0.15) is 6.10 Å². The molecule has 1 rings (SSSR count). The highest BCUT2D eigenvalue weighted by Gasteiger charge is 2.15. The molecule has 5 nitrogen and oxygen atoms in total. The molecule has 0 bridgehead atoms. The van der Waals surface area contributed by atoms with Gasteiger partial charge in [-0.3, -0.25) is 0 Å². The summed E-state index contributed by atoms with van der Waals surface area (Å²) in [6.45, 7) is 4.06. The van der Waals surface area contributed by atoms with E-state index in [1.165, 1.54) is 0 Å². The summed E-state index contributed by atoms with van der Waals surface area (Å²) in [5.74, 6) is -0.367. The highest BCUT2D eigenvalue weighted by Crippen LogP contribution is 2.09. The number of esters is 1. The first kappa shape index (κ1) is 16.0. The fourth-order valence-corrected chi connectivity index (χ4v) is 1.57. The van der Waals surface area contributed by atoms with Crippen molar-refractivity contribution in [1.29, 1.82) is 0 Å². The Labute approximate surface area is 118 Å². The molecule has 0 heterocycles. The number of hydrogen-bond donors (Lipinski definition) is 0. The smallest absolute Gasteiger partial charge is 0.459 e. The van der Waals surface area contributed by atoms with E-state index >= 15 is 0 Å². The van der Waals surface area contributed by atoms with Crippen LogP contribution in [0.4, 0.5) is 4.79 Å². The van der Waals surface area contributed by atoms with Crippen LogP contribution < -0.4 is 0 Å². The predicted octanol–water partition coefficient (Wildman–Crippen LogP) is 3.19. The van der Waals surface area contributed by atoms with Gasteiger partial charge in [-0.2, -0.15) is 0 Å². The molecule has 0 fully saturated rings. The fraction of sp³-hybridized carbons (Fsp3) is 0.467. The van der Waals surface area contributed by atoms with Crippen molar-refractivity contribution in [2.75, 3.05) is 13.2 Å². The Hall–Kier alpha value is -2.04. The molecule has 110 valence electrons. The van der Waals surface area contributed by atoms with Gasteiger partial charge in [0.15, 0.2) is 0 Å². The zero-order valence-corrected chi connectivity index (χ0v) is 11.8. The van der Waals surface area contributed by atoms with Gasteiger partial charge in [-0.25, -0.2) is 9.59 Å². The Balaban J connectivity index is 2.36. The molecule has 1 aromatic rings. The maximum atomic E-state index is 11.9. The molecular weight excluding hydrogens is 260 g/mol. The monoisotopic (exact) mass is 280 g/mol. The van der Waals surface area contributed by atoms with Crippen LogP contribution in [0.5, 0.6) is 0 Å². The van der Waals surface area contributed by atoms with E-state index in [0.29, 0.717) is 18.4 Å². The van der Waals surface area contributed by atoms with Crippen molar-refractivity contribution in [2.45, 2.75) is 32.8 Å². The summed E-state index contributed by atoms with van der Waals surface area (Å²) in [7, 11) is 0. The molecule has 0 aliphatic rings. The first-order valence-corrected chi connectivity index (χ1v) is 6.73. The molecule has 0 saturated heterocycles. The van der Waals surface area contributed by atoms with Crippen LogP contribution in [0.3, 0.4) is 0 Å². The first-order chi connectivity index (χ1) is 9.67. The van der Waals surface area contributed by atoms with Crippen LogP contribution >= 0.6 is 0 Å². The van der Waals surface area contributed by atoms with Crippen molar-refractivity contribution in [1.82, 2.24) is 0 Å². The van der Waals surface area contributed by atoms with E-state index in [9.17, 15) is 9.59 Å². The molecule has 1 aromatic carbocycles. The Kier molecular flexibility index (Phi) is 7.17. The molecule has 0 radical (unpaired) electrons. The van der Waals surface area contributed by atoms with E-state index in [1.54, 1.807) is 31.2 Å². The van der Waals surface area contributed by atoms with Crippen molar-refractivity contribution < 1.29 is 23.8 Å². The number of carbonyl (C=O) groups is 2. The second kappa shape index (κ2) is 8.96. The average molecular weight is 280 g/mol. The Morgan fingerprint density at radius 2 is 1.80 bits per heavy atom. The summed E-state index contributed by atoms with van der Waals surface area (Å²) in [5, 5.41) is 0. The molecular formula is C15H20O5. The van der Waals surface area contributed by atoms with Crippen molar-refractivity contribution in [2.24, 2.45) is 0 Å². The lowest BCUT2D eigenvalue weighted by atomic mass is 10.2. The van der Waals surface area contributed by atoms with E-state index in [1.807, 2.05) is 13.0 Å². The second-order valence-electron chi connectivity index (χ2n) is 4.12. The summed E-state index contributed by atoms with van der Waals surface area (Å²) < 4.78 is 14.8. The van der Waals surface area contributed by atoms with Crippen LogP contribution in [0.2, 0.25) is 0 Å². The number of rotatable bonds is 7. The highest BCUT2D eigenvalue weighted by molar-refractivity contribution is 5.89. The van der Waals surface area contributed by atoms with Crippen molar-refractivity contribution in [3.63, 3.8) is 0 Å². The van der Waals surface area contributed by atoms with Crippen molar-refractivity contribution in [3.8, 4) is 0 Å². The van der Waals surface area contributed by atoms with E-state index < -0.39 is 6.16 Å². The first-order valence-electron chi connectivity index (χ1n) is 6.73. The standard InChI is InChI=1S/C15H20O5/c1-3-13(10-11-19-15(17)18-4-2)20-14(16)12-8-6-5-7-9-12/h5-9,13H,3-4,10-11H2,1-2H3. The van der Waals surface area contributed by atoms with Gasteiger partial charge in [-0.05, 0) is 25.5 Å². The Bertz CT molecular complexity index is 416. The third-order valence-electron chi connectivity index (χ3n) is 2.66. The van der Waals surface area contributed by atoms with E-state index in [-0.39, 0.29) is 25.3 Å². The van der Waals surface area contributed by atoms with E-state index in [2.05, 4.69) is 4.74 Å². The maximum absolute atomic E-state index is 11.9. The summed E-state index contributed by atoms with van der Waals surface area (Å²) in [5.41, 5.74) is 0.511. The molecule has 1 unspecified atom stereocenters. The van der Waals surface area contributed by atoms with Crippen LogP contribution in [0, 0.1) is 0 Å². The minimum absolute atomic E-state index is 0.166. The molecule has 20 heavy (non-hydrogen) atoms. The van der Waals surface area contributed by atoms with E-state index in [4.69, 9.17) is 9.47 Å². The van der Waals surface area contributed by atoms with Crippen LogP contribution in [0.15, 0.2) is 30.3 Å². The van der Waals surface area contributed by atoms with Gasteiger partial charge in [-0.1, -0.05) is 25.1 Å². The Morgan fingerprint density at radius 1 is 1.10 bits per heavy atom. The van der Waals surface area contributed by atoms with Gasteiger partial charge in [0.2, 0.25) is 0 Å². The molecule has 0 spiro atoms. The van der Waals surface area contributed by atoms with Crippen LogP contribution in [0.1, 0.15) is 37.0 Å². The zero-order valence-electron chi connectivity index (χ0n) is 11.8. The normalized spacial score (nSPS) is 11.5. The van der Waals surface area contributed by atoms with Gasteiger partial charge in [0.05, 0.1) is 18.8 Å². The number of benzene rings is 1. The lowest BCUT2D eigenvalue weighted by Crippen LogP contribution is -2.20. The summed E-state index contributed by atoms with van der Waals surface area (Å²) >= 11 is 0. The van der Waals surface area contributed by atoms with Crippen molar-refractivity contribution >= 4 is 12.1 Å². The van der Waals surface area contributed by atoms with Gasteiger partial charge >= 0.3 is 12.1 Å². The third-order valence-corrected chi connectivity index (χ3v) is 2.66. The molecule has 0 aromatic heterocycles. The van der Waals surface area contributed by atoms with Gasteiger partial charge in [-0.15, -0.1) is 0 Å². The fourth-order valence-electron chi connectivity index (χ4n) is 1.57. The summed E-state index contributed by atoms with van der Waals surface area (Å²) in [6, 6.07) is 8.79. The number of hydrogen-bond acceptors (Lipinski definition) is 5. The number of ether oxygens (including phenoxy) is 3. The SMILES string of the molecule is CCOC(=O)OCCC(CC)OC(=O)c1ccccc1. The predicted molar refractivity (Wildman–Crippen MR) is 73.5 cm³/mol. The molecule has 0 aliphatic heterocycles. The van der Waals surface area contributed by atoms with E-state index in [0.717, 1.165) is 0 Å². The van der Waals surface area contributed by atoms with Crippen LogP contribution in [-0.2, 0) is 14.2 Å². The molecule has 0 N–H and O–H groups in total. The maximum Gasteiger partial charge on any atom is 0.508 e. The largest absolute Gasteiger partial charge is 0.508 e. The summed E-state index contributed by atoms with van der Waals surface area (Å²) in [6.07, 6.45) is 0.132. The quantitative estimate of drug-likeness (QED) is 0.718. The Morgan fingerprint density at radius 3 is 2.40 bits per heavy atom. The minimum atomic E-state index is -0.697. The van der Waals surface area contributed by atoms with Gasteiger partial charge in [0, 0.05) is 6.42 Å². The minimum Gasteiger partial charge on any atom is -0.459 e. The molecule has 5 heteroatoms. The highest BCUT2D eigenvalue weighted by atomic mass is 16.7. The topological polar surface area (TPSA) is 61.8 Å². The van der Waals surface area contributed by atoms with Crippen LogP contribution in [-0.4, -0.2) is 31.4 Å². The molecule has 1 atom stereocenters. The summed E-state index contributed by atoms with van der Waals surface area (Å²) in [4.78, 5) is 22.9. The average Bonchev–Trinajstić information content (AvgIpc) is 2.47. The van der Waals surface area contributed by atoms with Gasteiger partial charge < -0.3 is 14.2 Å². The second-order valence-corrected chi connectivity index (χ2v) is 4.12. The molecule has 0 saturated carbocycles. The van der Waals surface area contributed by atoms with Gasteiger partial charge in [0.25, 0.3) is 0 Å². The third kappa shape index (κ3) is 5.73. The lowest BCUT2D eigenvalue weighted by molar-refractivity contribution is 0.0158. The molecule has 0 amide bonds. The van der Waals surface area contributed by atoms with Crippen LogP contribution in [0.25, 0.3) is 0 Å². The zero-order chi connectivity index (χ0) is 14.8. The lowest BCUT2D eigenvalue weighted by Gasteiger charge is -2.16. The number of carbonyl (C=O) groups excluding carboxylic acids is 2. The molecule has 0 aliphatic carbocycles. The van der Waals surface area contributed by atoms with Crippen molar-refractivity contribution in [3.05, 3.63) is 35.9 Å².